The summed E-state index contributed by atoms with van der Waals surface area (Å²) >= 11 is 3.32. The summed E-state index contributed by atoms with van der Waals surface area (Å²) in [6.07, 6.45) is 0. The Morgan fingerprint density at radius 2 is 1.83 bits per heavy atom. The monoisotopic (exact) mass is 422 g/mol. The zero-order valence-electron chi connectivity index (χ0n) is 16.6. The van der Waals surface area contributed by atoms with Crippen molar-refractivity contribution >= 4 is 23.1 Å². The lowest BCUT2D eigenvalue weighted by atomic mass is 10.1. The minimum atomic E-state index is 0.390. The van der Waals surface area contributed by atoms with Gasteiger partial charge in [0, 0.05) is 23.7 Å². The number of thiazole rings is 1. The third-order valence-electron chi connectivity index (χ3n) is 4.59. The van der Waals surface area contributed by atoms with Crippen molar-refractivity contribution in [1.29, 1.82) is 0 Å². The van der Waals surface area contributed by atoms with Crippen molar-refractivity contribution in [3.63, 3.8) is 0 Å². The van der Waals surface area contributed by atoms with E-state index in [1.165, 1.54) is 16.7 Å². The molecular weight excluding hydrogens is 400 g/mol. The van der Waals surface area contributed by atoms with E-state index >= 15 is 0 Å². The van der Waals surface area contributed by atoms with Gasteiger partial charge >= 0.3 is 0 Å². The predicted molar refractivity (Wildman–Crippen MR) is 118 cm³/mol. The van der Waals surface area contributed by atoms with Crippen molar-refractivity contribution in [3.8, 4) is 16.3 Å². The fourth-order valence-electron chi connectivity index (χ4n) is 2.83. The summed E-state index contributed by atoms with van der Waals surface area (Å²) in [4.78, 5) is 4.79. The molecule has 2 aromatic heterocycles. The molecule has 0 aliphatic carbocycles. The maximum Gasteiger partial charge on any atom is 0.191 e. The molecule has 7 heteroatoms. The van der Waals surface area contributed by atoms with E-state index in [0.29, 0.717) is 6.61 Å². The van der Waals surface area contributed by atoms with Crippen molar-refractivity contribution in [2.45, 2.75) is 31.4 Å². The van der Waals surface area contributed by atoms with Crippen LogP contribution in [0.5, 0.6) is 5.75 Å². The minimum Gasteiger partial charge on any atom is -0.486 e. The first kappa shape index (κ1) is 19.7. The maximum atomic E-state index is 5.82. The minimum absolute atomic E-state index is 0.390. The molecule has 0 atom stereocenters. The first-order chi connectivity index (χ1) is 14.1. The summed E-state index contributed by atoms with van der Waals surface area (Å²) in [6, 6.07) is 16.3. The molecule has 0 aliphatic rings. The van der Waals surface area contributed by atoms with Crippen LogP contribution >= 0.6 is 23.1 Å². The summed E-state index contributed by atoms with van der Waals surface area (Å²) in [7, 11) is 1.97. The van der Waals surface area contributed by atoms with E-state index in [-0.39, 0.29) is 0 Å². The van der Waals surface area contributed by atoms with E-state index in [2.05, 4.69) is 53.7 Å². The second kappa shape index (κ2) is 8.80. The molecule has 5 nitrogen and oxygen atoms in total. The molecule has 0 fully saturated rings. The lowest BCUT2D eigenvalue weighted by molar-refractivity contribution is 0.290. The highest BCUT2D eigenvalue weighted by Crippen LogP contribution is 2.29. The highest BCUT2D eigenvalue weighted by molar-refractivity contribution is 7.98. The van der Waals surface area contributed by atoms with Crippen molar-refractivity contribution in [2.24, 2.45) is 7.05 Å². The molecule has 2 aromatic carbocycles. The molecule has 0 saturated carbocycles. The van der Waals surface area contributed by atoms with Crippen molar-refractivity contribution < 1.29 is 4.74 Å². The summed E-state index contributed by atoms with van der Waals surface area (Å²) in [6.45, 7) is 4.56. The van der Waals surface area contributed by atoms with Gasteiger partial charge in [0.2, 0.25) is 0 Å². The highest BCUT2D eigenvalue weighted by atomic mass is 32.2. The van der Waals surface area contributed by atoms with Crippen LogP contribution in [-0.2, 0) is 19.4 Å². The van der Waals surface area contributed by atoms with Gasteiger partial charge in [-0.25, -0.2) is 4.98 Å². The van der Waals surface area contributed by atoms with Crippen LogP contribution in [0.3, 0.4) is 0 Å². The molecule has 0 aliphatic heterocycles. The molecule has 0 amide bonds. The summed E-state index contributed by atoms with van der Waals surface area (Å²) in [5.41, 5.74) is 4.71. The fourth-order valence-corrected chi connectivity index (χ4v) is 4.66. The number of nitrogens with zero attached hydrogens (tertiary/aromatic N) is 4. The first-order valence-corrected chi connectivity index (χ1v) is 11.2. The van der Waals surface area contributed by atoms with Crippen molar-refractivity contribution in [3.05, 3.63) is 76.6 Å². The Bertz CT molecular complexity index is 1100. The lowest BCUT2D eigenvalue weighted by Gasteiger charge is -2.06. The molecule has 0 unspecified atom stereocenters. The third-order valence-corrected chi connectivity index (χ3v) is 6.57. The van der Waals surface area contributed by atoms with Crippen molar-refractivity contribution in [1.82, 2.24) is 19.7 Å². The van der Waals surface area contributed by atoms with Crippen LogP contribution in [0, 0.1) is 13.8 Å². The first-order valence-electron chi connectivity index (χ1n) is 9.31. The quantitative estimate of drug-likeness (QED) is 0.372. The summed E-state index contributed by atoms with van der Waals surface area (Å²) < 4.78 is 7.80. The van der Waals surface area contributed by atoms with Gasteiger partial charge in [-0.15, -0.1) is 21.5 Å². The van der Waals surface area contributed by atoms with Crippen LogP contribution in [0.25, 0.3) is 10.6 Å². The average Bonchev–Trinajstić information content (AvgIpc) is 3.33. The number of ether oxygens (including phenoxy) is 1. The second-order valence-electron chi connectivity index (χ2n) is 6.81. The van der Waals surface area contributed by atoms with Gasteiger partial charge in [-0.05, 0) is 31.5 Å². The van der Waals surface area contributed by atoms with E-state index in [0.717, 1.165) is 33.2 Å². The Morgan fingerprint density at radius 3 is 2.62 bits per heavy atom. The Balaban J connectivity index is 1.37. The second-order valence-corrected chi connectivity index (χ2v) is 8.61. The van der Waals surface area contributed by atoms with Gasteiger partial charge in [0.05, 0.1) is 5.69 Å². The van der Waals surface area contributed by atoms with Crippen LogP contribution in [-0.4, -0.2) is 19.7 Å². The molecule has 0 N–H and O–H groups in total. The zero-order chi connectivity index (χ0) is 20.2. The van der Waals surface area contributed by atoms with Crippen LogP contribution in [0.4, 0.5) is 0 Å². The molecule has 0 saturated heterocycles. The predicted octanol–water partition coefficient (Wildman–Crippen LogP) is 5.43. The zero-order valence-corrected chi connectivity index (χ0v) is 18.3. The molecule has 2 heterocycles. The number of aryl methyl sites for hydroxylation is 2. The fraction of sp³-hybridized carbons (Fsp3) is 0.227. The van der Waals surface area contributed by atoms with E-state index in [9.17, 15) is 0 Å². The molecule has 29 heavy (non-hydrogen) atoms. The number of hydrogen-bond donors (Lipinski definition) is 0. The number of benzene rings is 2. The molecule has 4 rings (SSSR count). The number of aromatic nitrogens is 4. The van der Waals surface area contributed by atoms with Crippen LogP contribution < -0.4 is 4.74 Å². The normalized spacial score (nSPS) is 11.0. The maximum absolute atomic E-state index is 5.82. The Morgan fingerprint density at radius 1 is 1.03 bits per heavy atom. The molecule has 0 bridgehead atoms. The van der Waals surface area contributed by atoms with Crippen molar-refractivity contribution in [2.75, 3.05) is 0 Å². The van der Waals surface area contributed by atoms with Gasteiger partial charge in [0.25, 0.3) is 0 Å². The highest BCUT2D eigenvalue weighted by Gasteiger charge is 2.12. The topological polar surface area (TPSA) is 52.8 Å². The standard InChI is InChI=1S/C22H22N4OS2/c1-15-8-10-18(11-9-15)27-12-20-24-25-22(26(20)3)29-14-17-13-28-21(23-17)19-7-5-4-6-16(19)2/h4-11,13H,12,14H2,1-3H3. The number of rotatable bonds is 7. The number of thioether (sulfide) groups is 1. The Labute approximate surface area is 178 Å². The van der Waals surface area contributed by atoms with Crippen LogP contribution in [0.1, 0.15) is 22.6 Å². The van der Waals surface area contributed by atoms with Gasteiger partial charge < -0.3 is 9.30 Å². The SMILES string of the molecule is Cc1ccc(OCc2nnc(SCc3csc(-c4ccccc4C)n3)n2C)cc1. The largest absolute Gasteiger partial charge is 0.486 e. The van der Waals surface area contributed by atoms with Crippen LogP contribution in [0.15, 0.2) is 59.1 Å². The molecule has 4 aromatic rings. The Hall–Kier alpha value is -2.64. The van der Waals surface area contributed by atoms with Gasteiger partial charge in [-0.1, -0.05) is 53.7 Å². The van der Waals surface area contributed by atoms with E-state index in [4.69, 9.17) is 9.72 Å². The van der Waals surface area contributed by atoms with Gasteiger partial charge in [-0.3, -0.25) is 0 Å². The summed E-state index contributed by atoms with van der Waals surface area (Å²) in [5.74, 6) is 2.39. The van der Waals surface area contributed by atoms with Crippen LogP contribution in [0.2, 0.25) is 0 Å². The van der Waals surface area contributed by atoms with E-state index < -0.39 is 0 Å². The molecule has 148 valence electrons. The third kappa shape index (κ3) is 4.68. The molecule has 0 spiro atoms. The Kier molecular flexibility index (Phi) is 5.97. The molecule has 0 radical (unpaired) electrons. The molecular formula is C22H22N4OS2. The van der Waals surface area contributed by atoms with E-state index in [1.807, 2.05) is 35.9 Å². The average molecular weight is 423 g/mol. The number of hydrogen-bond acceptors (Lipinski definition) is 6. The van der Waals surface area contributed by atoms with Gasteiger partial charge in [0.1, 0.15) is 17.4 Å². The lowest BCUT2D eigenvalue weighted by Crippen LogP contribution is -2.04. The van der Waals surface area contributed by atoms with Gasteiger partial charge in [-0.2, -0.15) is 0 Å². The van der Waals surface area contributed by atoms with Gasteiger partial charge in [0.15, 0.2) is 11.0 Å². The summed E-state index contributed by atoms with van der Waals surface area (Å²) in [5, 5.41) is 12.6. The smallest absolute Gasteiger partial charge is 0.191 e. The van der Waals surface area contributed by atoms with E-state index in [1.54, 1.807) is 23.1 Å².